The average molecular weight is 411 g/mol. The van der Waals surface area contributed by atoms with E-state index in [-0.39, 0.29) is 22.5 Å². The fourth-order valence-corrected chi connectivity index (χ4v) is 3.15. The lowest BCUT2D eigenvalue weighted by Crippen LogP contribution is -2.16. The molecule has 0 aliphatic heterocycles. The predicted octanol–water partition coefficient (Wildman–Crippen LogP) is 5.99. The van der Waals surface area contributed by atoms with Gasteiger partial charge in [0.2, 0.25) is 11.2 Å². The molecule has 0 N–H and O–H groups in total. The number of hydrogen-bond donors (Lipinski definition) is 0. The molecular weight excluding hydrogens is 399 g/mol. The lowest BCUT2D eigenvalue weighted by Gasteiger charge is -2.11. The summed E-state index contributed by atoms with van der Waals surface area (Å²) in [6, 6.07) is 19.9. The number of benzene rings is 3. The Hall–Kier alpha value is -3.08. The highest BCUT2D eigenvalue weighted by Gasteiger charge is 2.21. The summed E-state index contributed by atoms with van der Waals surface area (Å²) in [6.45, 7) is 0. The molecule has 0 aliphatic rings. The fraction of sp³-hybridized carbons (Fsp3) is 0. The number of halogens is 2. The van der Waals surface area contributed by atoms with Gasteiger partial charge in [-0.3, -0.25) is 4.79 Å². The maximum atomic E-state index is 13.1. The lowest BCUT2D eigenvalue weighted by molar-refractivity contribution is 0.0731. The van der Waals surface area contributed by atoms with Gasteiger partial charge in [-0.25, -0.2) is 4.79 Å². The Morgan fingerprint density at radius 1 is 0.857 bits per heavy atom. The standard InChI is InChI=1S/C22H12Cl2O4/c23-15-8-4-7-14(11-15)22(26)28-21-19(25)17-12-16(24)9-10-18(17)27-20(21)13-5-2-1-3-6-13/h1-12H. The van der Waals surface area contributed by atoms with Crippen molar-refractivity contribution >= 4 is 40.1 Å². The summed E-state index contributed by atoms with van der Waals surface area (Å²) in [5.74, 6) is -0.755. The topological polar surface area (TPSA) is 56.5 Å². The van der Waals surface area contributed by atoms with Crippen LogP contribution in [0.1, 0.15) is 10.4 Å². The number of ether oxygens (including phenoxy) is 1. The summed E-state index contributed by atoms with van der Waals surface area (Å²) in [7, 11) is 0. The molecule has 0 unspecified atom stereocenters. The van der Waals surface area contributed by atoms with Crippen LogP contribution in [0.5, 0.6) is 5.75 Å². The molecule has 4 aromatic rings. The van der Waals surface area contributed by atoms with Crippen LogP contribution in [-0.2, 0) is 0 Å². The van der Waals surface area contributed by atoms with Gasteiger partial charge in [0.15, 0.2) is 5.76 Å². The van der Waals surface area contributed by atoms with E-state index in [9.17, 15) is 9.59 Å². The van der Waals surface area contributed by atoms with Crippen LogP contribution in [0.25, 0.3) is 22.3 Å². The zero-order valence-corrected chi connectivity index (χ0v) is 15.8. The summed E-state index contributed by atoms with van der Waals surface area (Å²) < 4.78 is 11.4. The molecule has 28 heavy (non-hydrogen) atoms. The second-order valence-electron chi connectivity index (χ2n) is 6.00. The second kappa shape index (κ2) is 7.50. The highest BCUT2D eigenvalue weighted by Crippen LogP contribution is 2.32. The van der Waals surface area contributed by atoms with E-state index in [1.54, 1.807) is 54.6 Å². The number of hydrogen-bond acceptors (Lipinski definition) is 4. The number of carbonyl (C=O) groups excluding carboxylic acids is 1. The summed E-state index contributed by atoms with van der Waals surface area (Å²) in [4.78, 5) is 25.7. The van der Waals surface area contributed by atoms with E-state index in [4.69, 9.17) is 32.4 Å². The van der Waals surface area contributed by atoms with E-state index in [1.165, 1.54) is 12.1 Å². The van der Waals surface area contributed by atoms with Crippen LogP contribution < -0.4 is 10.2 Å². The molecule has 0 amide bonds. The van der Waals surface area contributed by atoms with Crippen molar-refractivity contribution in [1.29, 1.82) is 0 Å². The normalized spacial score (nSPS) is 10.8. The van der Waals surface area contributed by atoms with Crippen LogP contribution in [0.4, 0.5) is 0 Å². The third kappa shape index (κ3) is 3.52. The zero-order chi connectivity index (χ0) is 19.7. The molecule has 0 bridgehead atoms. The largest absolute Gasteiger partial charge is 0.452 e. The van der Waals surface area contributed by atoms with E-state index in [1.807, 2.05) is 6.07 Å². The minimum atomic E-state index is -0.714. The second-order valence-corrected chi connectivity index (χ2v) is 6.87. The molecule has 0 saturated heterocycles. The molecule has 0 saturated carbocycles. The molecular formula is C22H12Cl2O4. The molecule has 0 atom stereocenters. The van der Waals surface area contributed by atoms with Gasteiger partial charge >= 0.3 is 5.97 Å². The Labute approximate surface area is 169 Å². The van der Waals surface area contributed by atoms with Gasteiger partial charge in [-0.15, -0.1) is 0 Å². The molecule has 0 spiro atoms. The molecule has 1 aromatic heterocycles. The predicted molar refractivity (Wildman–Crippen MR) is 109 cm³/mol. The highest BCUT2D eigenvalue weighted by molar-refractivity contribution is 6.31. The molecule has 4 nitrogen and oxygen atoms in total. The van der Waals surface area contributed by atoms with Crippen molar-refractivity contribution in [2.24, 2.45) is 0 Å². The lowest BCUT2D eigenvalue weighted by atomic mass is 10.1. The van der Waals surface area contributed by atoms with Crippen molar-refractivity contribution in [3.8, 4) is 17.1 Å². The van der Waals surface area contributed by atoms with Crippen LogP contribution in [0.3, 0.4) is 0 Å². The number of rotatable bonds is 3. The Balaban J connectivity index is 1.91. The molecule has 3 aromatic carbocycles. The molecule has 6 heteroatoms. The van der Waals surface area contributed by atoms with E-state index >= 15 is 0 Å². The van der Waals surface area contributed by atoms with Gasteiger partial charge in [-0.05, 0) is 36.4 Å². The van der Waals surface area contributed by atoms with Crippen LogP contribution in [0, 0.1) is 0 Å². The van der Waals surface area contributed by atoms with E-state index in [0.717, 1.165) is 0 Å². The zero-order valence-electron chi connectivity index (χ0n) is 14.3. The van der Waals surface area contributed by atoms with E-state index in [2.05, 4.69) is 0 Å². The highest BCUT2D eigenvalue weighted by atomic mass is 35.5. The van der Waals surface area contributed by atoms with Crippen LogP contribution >= 0.6 is 23.2 Å². The van der Waals surface area contributed by atoms with E-state index < -0.39 is 11.4 Å². The Morgan fingerprint density at radius 3 is 2.36 bits per heavy atom. The Kier molecular flexibility index (Phi) is 4.90. The first kappa shape index (κ1) is 18.3. The third-order valence-corrected chi connectivity index (χ3v) is 4.57. The molecule has 1 heterocycles. The minimum absolute atomic E-state index is 0.163. The number of esters is 1. The van der Waals surface area contributed by atoms with Crippen molar-refractivity contribution in [3.63, 3.8) is 0 Å². The van der Waals surface area contributed by atoms with Gasteiger partial charge in [0.25, 0.3) is 0 Å². The first-order chi connectivity index (χ1) is 13.5. The van der Waals surface area contributed by atoms with Crippen LogP contribution in [0.15, 0.2) is 82.0 Å². The summed E-state index contributed by atoms with van der Waals surface area (Å²) in [6.07, 6.45) is 0. The molecule has 138 valence electrons. The van der Waals surface area contributed by atoms with Gasteiger partial charge in [0, 0.05) is 15.6 Å². The quantitative estimate of drug-likeness (QED) is 0.389. The third-order valence-electron chi connectivity index (χ3n) is 4.10. The van der Waals surface area contributed by atoms with Crippen LogP contribution in [-0.4, -0.2) is 5.97 Å². The Morgan fingerprint density at radius 2 is 1.61 bits per heavy atom. The first-order valence-electron chi connectivity index (χ1n) is 8.32. The Bertz CT molecular complexity index is 1250. The average Bonchev–Trinajstić information content (AvgIpc) is 2.71. The van der Waals surface area contributed by atoms with Gasteiger partial charge in [0.1, 0.15) is 5.58 Å². The monoisotopic (exact) mass is 410 g/mol. The van der Waals surface area contributed by atoms with Crippen molar-refractivity contribution in [2.45, 2.75) is 0 Å². The van der Waals surface area contributed by atoms with Crippen molar-refractivity contribution in [2.75, 3.05) is 0 Å². The maximum Gasteiger partial charge on any atom is 0.343 e. The summed E-state index contributed by atoms with van der Waals surface area (Å²) in [5, 5.41) is 0.982. The number of fused-ring (bicyclic) bond motifs is 1. The molecule has 0 radical (unpaired) electrons. The van der Waals surface area contributed by atoms with Crippen molar-refractivity contribution in [3.05, 3.63) is 98.6 Å². The molecule has 0 fully saturated rings. The smallest absolute Gasteiger partial charge is 0.343 e. The first-order valence-corrected chi connectivity index (χ1v) is 9.08. The fourth-order valence-electron chi connectivity index (χ4n) is 2.79. The molecule has 0 aliphatic carbocycles. The van der Waals surface area contributed by atoms with Gasteiger partial charge < -0.3 is 9.15 Å². The van der Waals surface area contributed by atoms with Gasteiger partial charge in [0.05, 0.1) is 10.9 Å². The van der Waals surface area contributed by atoms with Gasteiger partial charge in [-0.2, -0.15) is 0 Å². The summed E-state index contributed by atoms with van der Waals surface area (Å²) >= 11 is 12.0. The molecule has 4 rings (SSSR count). The van der Waals surface area contributed by atoms with Crippen molar-refractivity contribution in [1.82, 2.24) is 0 Å². The minimum Gasteiger partial charge on any atom is -0.452 e. The number of carbonyl (C=O) groups is 1. The maximum absolute atomic E-state index is 13.1. The SMILES string of the molecule is O=C(Oc1c(-c2ccccc2)oc2ccc(Cl)cc2c1=O)c1cccc(Cl)c1. The van der Waals surface area contributed by atoms with Crippen LogP contribution in [0.2, 0.25) is 10.0 Å². The van der Waals surface area contributed by atoms with Crippen molar-refractivity contribution < 1.29 is 13.9 Å². The summed E-state index contributed by atoms with van der Waals surface area (Å²) in [5.41, 5.74) is 0.677. The van der Waals surface area contributed by atoms with E-state index in [0.29, 0.717) is 21.2 Å². The van der Waals surface area contributed by atoms with Gasteiger partial charge in [-0.1, -0.05) is 59.6 Å².